The standard InChI is InChI=1S/C18H23N3O2Si/c1-24(2,3)13-12-23-18(22)21-20-14-15-7-9-16(10-8-15)17-6-4-5-11-19-17/h4-11,14H,12-13H2,1-3H3,(H,21,22). The summed E-state index contributed by atoms with van der Waals surface area (Å²) in [4.78, 5) is 15.8. The molecule has 0 saturated carbocycles. The van der Waals surface area contributed by atoms with Crippen molar-refractivity contribution in [3.63, 3.8) is 0 Å². The Labute approximate surface area is 143 Å². The van der Waals surface area contributed by atoms with Crippen LogP contribution in [0.3, 0.4) is 0 Å². The fourth-order valence-electron chi connectivity index (χ4n) is 1.92. The van der Waals surface area contributed by atoms with Crippen molar-refractivity contribution in [1.82, 2.24) is 10.4 Å². The van der Waals surface area contributed by atoms with Crippen LogP contribution in [0.2, 0.25) is 25.7 Å². The number of ether oxygens (including phenoxy) is 1. The minimum absolute atomic E-state index is 0.440. The van der Waals surface area contributed by atoms with Gasteiger partial charge in [0.15, 0.2) is 0 Å². The second kappa shape index (κ2) is 8.40. The quantitative estimate of drug-likeness (QED) is 0.488. The highest BCUT2D eigenvalue weighted by atomic mass is 28.3. The molecule has 0 aliphatic carbocycles. The smallest absolute Gasteiger partial charge is 0.427 e. The van der Waals surface area contributed by atoms with Crippen LogP contribution < -0.4 is 5.43 Å². The predicted octanol–water partition coefficient (Wildman–Crippen LogP) is 4.15. The van der Waals surface area contributed by atoms with Gasteiger partial charge in [0.05, 0.1) is 18.5 Å². The lowest BCUT2D eigenvalue weighted by Crippen LogP contribution is -2.25. The highest BCUT2D eigenvalue weighted by molar-refractivity contribution is 6.76. The zero-order valence-corrected chi connectivity index (χ0v) is 15.3. The number of hydrogen-bond acceptors (Lipinski definition) is 4. The van der Waals surface area contributed by atoms with Crippen molar-refractivity contribution in [3.05, 3.63) is 54.2 Å². The van der Waals surface area contributed by atoms with Crippen molar-refractivity contribution in [2.75, 3.05) is 6.61 Å². The Kier molecular flexibility index (Phi) is 6.26. The summed E-state index contributed by atoms with van der Waals surface area (Å²) in [7, 11) is -1.19. The minimum atomic E-state index is -1.19. The van der Waals surface area contributed by atoms with E-state index in [0.29, 0.717) is 6.61 Å². The Balaban J connectivity index is 1.81. The van der Waals surface area contributed by atoms with E-state index in [-0.39, 0.29) is 0 Å². The summed E-state index contributed by atoms with van der Waals surface area (Å²) in [6, 6.07) is 14.5. The molecule has 0 aliphatic rings. The maximum atomic E-state index is 11.5. The summed E-state index contributed by atoms with van der Waals surface area (Å²) < 4.78 is 5.10. The highest BCUT2D eigenvalue weighted by Gasteiger charge is 2.13. The van der Waals surface area contributed by atoms with Gasteiger partial charge in [0.25, 0.3) is 0 Å². The molecule has 1 heterocycles. The zero-order chi connectivity index (χ0) is 17.4. The van der Waals surface area contributed by atoms with Gasteiger partial charge in [0.1, 0.15) is 0 Å². The molecular weight excluding hydrogens is 318 g/mol. The van der Waals surface area contributed by atoms with Gasteiger partial charge in [-0.1, -0.05) is 50.0 Å². The average molecular weight is 341 g/mol. The van der Waals surface area contributed by atoms with Crippen LogP contribution in [0.15, 0.2) is 53.8 Å². The molecule has 1 N–H and O–H groups in total. The number of nitrogens with zero attached hydrogens (tertiary/aromatic N) is 2. The van der Waals surface area contributed by atoms with E-state index in [1.165, 1.54) is 0 Å². The van der Waals surface area contributed by atoms with E-state index >= 15 is 0 Å². The number of amides is 1. The first kappa shape index (κ1) is 17.9. The van der Waals surface area contributed by atoms with Crippen LogP contribution in [-0.4, -0.2) is 32.0 Å². The summed E-state index contributed by atoms with van der Waals surface area (Å²) in [5, 5.41) is 3.91. The van der Waals surface area contributed by atoms with E-state index < -0.39 is 14.2 Å². The molecule has 0 bridgehead atoms. The van der Waals surface area contributed by atoms with Crippen molar-refractivity contribution in [2.45, 2.75) is 25.7 Å². The second-order valence-electron chi connectivity index (χ2n) is 6.65. The number of hydrogen-bond donors (Lipinski definition) is 1. The molecule has 0 fully saturated rings. The summed E-state index contributed by atoms with van der Waals surface area (Å²) in [5.74, 6) is 0. The van der Waals surface area contributed by atoms with E-state index in [0.717, 1.165) is 22.9 Å². The van der Waals surface area contributed by atoms with Crippen molar-refractivity contribution in [1.29, 1.82) is 0 Å². The number of nitrogens with one attached hydrogen (secondary N) is 1. The molecule has 0 aliphatic heterocycles. The largest absolute Gasteiger partial charge is 0.449 e. The molecular formula is C18H23N3O2Si. The topological polar surface area (TPSA) is 63.6 Å². The van der Waals surface area contributed by atoms with Crippen molar-refractivity contribution in [2.24, 2.45) is 5.10 Å². The summed E-state index contributed by atoms with van der Waals surface area (Å²) in [6.07, 6.45) is 2.83. The van der Waals surface area contributed by atoms with Gasteiger partial charge in [0, 0.05) is 19.8 Å². The lowest BCUT2D eigenvalue weighted by atomic mass is 10.1. The Hall–Kier alpha value is -2.47. The molecule has 0 radical (unpaired) electrons. The lowest BCUT2D eigenvalue weighted by Gasteiger charge is -2.14. The number of pyridine rings is 1. The number of hydrazone groups is 1. The molecule has 1 aromatic carbocycles. The first-order valence-electron chi connectivity index (χ1n) is 7.91. The zero-order valence-electron chi connectivity index (χ0n) is 14.3. The van der Waals surface area contributed by atoms with Crippen molar-refractivity contribution in [3.8, 4) is 11.3 Å². The van der Waals surface area contributed by atoms with Gasteiger partial charge in [-0.25, -0.2) is 10.2 Å². The van der Waals surface area contributed by atoms with Crippen molar-refractivity contribution >= 4 is 20.4 Å². The molecule has 1 aromatic heterocycles. The average Bonchev–Trinajstić information content (AvgIpc) is 2.55. The molecule has 2 rings (SSSR count). The third kappa shape index (κ3) is 6.34. The monoisotopic (exact) mass is 341 g/mol. The third-order valence-corrected chi connectivity index (χ3v) is 5.03. The number of carbonyl (C=O) groups is 1. The molecule has 0 atom stereocenters. The first-order valence-corrected chi connectivity index (χ1v) is 11.6. The SMILES string of the molecule is C[Si](C)(C)CCOC(=O)NN=Cc1ccc(-c2ccccn2)cc1. The van der Waals surface area contributed by atoms with Crippen molar-refractivity contribution < 1.29 is 9.53 Å². The predicted molar refractivity (Wildman–Crippen MR) is 99.9 cm³/mol. The first-order chi connectivity index (χ1) is 11.4. The third-order valence-electron chi connectivity index (χ3n) is 3.33. The fourth-order valence-corrected chi connectivity index (χ4v) is 2.63. The molecule has 0 saturated heterocycles. The molecule has 126 valence electrons. The number of aromatic nitrogens is 1. The Bertz CT molecular complexity index is 680. The molecule has 2 aromatic rings. The lowest BCUT2D eigenvalue weighted by molar-refractivity contribution is 0.152. The van der Waals surface area contributed by atoms with E-state index in [4.69, 9.17) is 4.74 Å². The number of benzene rings is 1. The molecule has 0 unspecified atom stereocenters. The Morgan fingerprint density at radius 1 is 1.21 bits per heavy atom. The Morgan fingerprint density at radius 3 is 2.58 bits per heavy atom. The maximum Gasteiger partial charge on any atom is 0.427 e. The summed E-state index contributed by atoms with van der Waals surface area (Å²) in [5.41, 5.74) is 5.22. The van der Waals surface area contributed by atoms with E-state index in [1.54, 1.807) is 12.4 Å². The second-order valence-corrected chi connectivity index (χ2v) is 12.3. The normalized spacial score (nSPS) is 11.5. The van der Waals surface area contributed by atoms with Crippen LogP contribution in [0.25, 0.3) is 11.3 Å². The fraction of sp³-hybridized carbons (Fsp3) is 0.278. The van der Waals surface area contributed by atoms with Crippen LogP contribution in [0.5, 0.6) is 0 Å². The van der Waals surface area contributed by atoms with Gasteiger partial charge in [-0.15, -0.1) is 0 Å². The van der Waals surface area contributed by atoms with Crippen LogP contribution in [0.4, 0.5) is 4.79 Å². The van der Waals surface area contributed by atoms with E-state index in [1.807, 2.05) is 42.5 Å². The maximum absolute atomic E-state index is 11.5. The van der Waals surface area contributed by atoms with Gasteiger partial charge in [-0.05, 0) is 23.7 Å². The summed E-state index contributed by atoms with van der Waals surface area (Å²) in [6.45, 7) is 7.15. The molecule has 24 heavy (non-hydrogen) atoms. The minimum Gasteiger partial charge on any atom is -0.449 e. The Morgan fingerprint density at radius 2 is 1.96 bits per heavy atom. The van der Waals surface area contributed by atoms with Crippen LogP contribution in [0.1, 0.15) is 5.56 Å². The number of carbonyl (C=O) groups excluding carboxylic acids is 1. The molecule has 6 heteroatoms. The van der Waals surface area contributed by atoms with Gasteiger partial charge in [0.2, 0.25) is 0 Å². The van der Waals surface area contributed by atoms with Crippen LogP contribution >= 0.6 is 0 Å². The van der Waals surface area contributed by atoms with Gasteiger partial charge < -0.3 is 4.74 Å². The molecule has 5 nitrogen and oxygen atoms in total. The van der Waals surface area contributed by atoms with Gasteiger partial charge in [-0.3, -0.25) is 4.98 Å². The summed E-state index contributed by atoms with van der Waals surface area (Å²) >= 11 is 0. The van der Waals surface area contributed by atoms with E-state index in [9.17, 15) is 4.79 Å². The van der Waals surface area contributed by atoms with Crippen LogP contribution in [0, 0.1) is 0 Å². The molecule has 0 spiro atoms. The number of rotatable bonds is 6. The van der Waals surface area contributed by atoms with Crippen LogP contribution in [-0.2, 0) is 4.74 Å². The van der Waals surface area contributed by atoms with Gasteiger partial charge >= 0.3 is 6.09 Å². The molecule has 1 amide bonds. The highest BCUT2D eigenvalue weighted by Crippen LogP contribution is 2.16. The van der Waals surface area contributed by atoms with Gasteiger partial charge in [-0.2, -0.15) is 5.10 Å². The van der Waals surface area contributed by atoms with E-state index in [2.05, 4.69) is 35.2 Å².